The van der Waals surface area contributed by atoms with Crippen molar-refractivity contribution in [3.63, 3.8) is 0 Å². The van der Waals surface area contributed by atoms with E-state index in [4.69, 9.17) is 0 Å². The summed E-state index contributed by atoms with van der Waals surface area (Å²) in [4.78, 5) is 0. The maximum atomic E-state index is 2.24. The standard InChI is InChI=1S/C14H14.Fe/c1-2-8-13(7-1)11-5-6-12-14-9-3-4-10-14;/h1-10H,11-12H2;/q;+2/b6-5-;. The van der Waals surface area contributed by atoms with Gasteiger partial charge in [-0.25, -0.2) is 0 Å². The molecule has 2 aliphatic rings. The van der Waals surface area contributed by atoms with Gasteiger partial charge in [0.25, 0.3) is 0 Å². The van der Waals surface area contributed by atoms with E-state index in [2.05, 4.69) is 63.5 Å². The smallest absolute Gasteiger partial charge is 0.0879 e. The first kappa shape index (κ1) is 13.3. The van der Waals surface area contributed by atoms with E-state index in [0.717, 1.165) is 12.8 Å². The minimum Gasteiger partial charge on any atom is -0.0879 e. The quantitative estimate of drug-likeness (QED) is 0.521. The van der Waals surface area contributed by atoms with Crippen molar-refractivity contribution >= 4 is 0 Å². The van der Waals surface area contributed by atoms with Crippen LogP contribution in [0.5, 0.6) is 0 Å². The third-order valence-electron chi connectivity index (χ3n) is 2.34. The molecular weight excluding hydrogens is 224 g/mol. The number of hydrogen-bond donors (Lipinski definition) is 0. The minimum absolute atomic E-state index is 0. The Hall–Kier alpha value is 0.259. The third kappa shape index (κ3) is 4.74. The van der Waals surface area contributed by atoms with Crippen molar-refractivity contribution in [3.8, 4) is 0 Å². The van der Waals surface area contributed by atoms with Gasteiger partial charge in [-0.05, 0) is 76.0 Å². The van der Waals surface area contributed by atoms with Crippen LogP contribution in [0.1, 0.15) is 12.8 Å². The molecule has 10 radical (unpaired) electrons. The largest absolute Gasteiger partial charge is 2.00 e. The molecule has 76 valence electrons. The first-order valence-corrected chi connectivity index (χ1v) is 5.01. The SMILES string of the molecule is [CH]1[CH][CH][C](C/C=C\C[C]2[CH][CH][CH][CH]2)[CH]1.[Fe+2]. The van der Waals surface area contributed by atoms with Crippen LogP contribution in [0.25, 0.3) is 0 Å². The number of allylic oxidation sites excluding steroid dienone is 2. The number of hydrogen-bond acceptors (Lipinski definition) is 0. The second-order valence-electron chi connectivity index (χ2n) is 3.47. The summed E-state index contributed by atoms with van der Waals surface area (Å²) in [5.74, 6) is 2.78. The maximum absolute atomic E-state index is 2.24. The van der Waals surface area contributed by atoms with Crippen LogP contribution in [0.2, 0.25) is 0 Å². The molecule has 1 heteroatoms. The molecule has 0 spiro atoms. The van der Waals surface area contributed by atoms with Gasteiger partial charge in [-0.1, -0.05) is 12.2 Å². The molecule has 0 atom stereocenters. The van der Waals surface area contributed by atoms with Crippen molar-refractivity contribution < 1.29 is 17.1 Å². The summed E-state index contributed by atoms with van der Waals surface area (Å²) in [7, 11) is 0. The summed E-state index contributed by atoms with van der Waals surface area (Å²) >= 11 is 0. The fourth-order valence-corrected chi connectivity index (χ4v) is 1.54. The van der Waals surface area contributed by atoms with Crippen LogP contribution in [-0.2, 0) is 17.1 Å². The second-order valence-corrected chi connectivity index (χ2v) is 3.47. The number of rotatable bonds is 4. The van der Waals surface area contributed by atoms with Gasteiger partial charge in [0.05, 0.1) is 0 Å². The van der Waals surface area contributed by atoms with Gasteiger partial charge in [0.2, 0.25) is 0 Å². The predicted molar refractivity (Wildman–Crippen MR) is 59.3 cm³/mol. The Kier molecular flexibility index (Phi) is 6.68. The fourth-order valence-electron chi connectivity index (χ4n) is 1.54. The molecule has 0 heterocycles. The first-order chi connectivity index (χ1) is 6.95. The molecule has 2 aliphatic carbocycles. The molecule has 2 rings (SSSR count). The average molecular weight is 238 g/mol. The van der Waals surface area contributed by atoms with E-state index in [1.165, 1.54) is 11.8 Å². The zero-order chi connectivity index (χ0) is 9.64. The predicted octanol–water partition coefficient (Wildman–Crippen LogP) is 3.13. The maximum Gasteiger partial charge on any atom is 2.00 e. The summed E-state index contributed by atoms with van der Waals surface area (Å²) in [5, 5.41) is 0. The van der Waals surface area contributed by atoms with Crippen LogP contribution in [0, 0.1) is 63.2 Å². The van der Waals surface area contributed by atoms with Crippen LogP contribution in [0.15, 0.2) is 12.2 Å². The molecular formula is C14H14Fe+2. The molecule has 2 saturated carbocycles. The van der Waals surface area contributed by atoms with E-state index in [-0.39, 0.29) is 17.1 Å². The van der Waals surface area contributed by atoms with Crippen LogP contribution >= 0.6 is 0 Å². The van der Waals surface area contributed by atoms with Crippen LogP contribution in [-0.4, -0.2) is 0 Å². The Morgan fingerprint density at radius 2 is 1.00 bits per heavy atom. The van der Waals surface area contributed by atoms with Crippen LogP contribution in [0.4, 0.5) is 0 Å². The second kappa shape index (κ2) is 7.52. The molecule has 15 heavy (non-hydrogen) atoms. The van der Waals surface area contributed by atoms with E-state index < -0.39 is 0 Å². The van der Waals surface area contributed by atoms with E-state index >= 15 is 0 Å². The van der Waals surface area contributed by atoms with E-state index in [1.54, 1.807) is 0 Å². The molecule has 0 bridgehead atoms. The van der Waals surface area contributed by atoms with Gasteiger partial charge < -0.3 is 0 Å². The summed E-state index contributed by atoms with van der Waals surface area (Å²) in [6, 6.07) is 0. The summed E-state index contributed by atoms with van der Waals surface area (Å²) < 4.78 is 0. The third-order valence-corrected chi connectivity index (χ3v) is 2.34. The van der Waals surface area contributed by atoms with Crippen molar-refractivity contribution in [1.29, 1.82) is 0 Å². The van der Waals surface area contributed by atoms with Crippen molar-refractivity contribution in [1.82, 2.24) is 0 Å². The monoisotopic (exact) mass is 238 g/mol. The first-order valence-electron chi connectivity index (χ1n) is 5.01. The van der Waals surface area contributed by atoms with Gasteiger partial charge in [0.1, 0.15) is 0 Å². The molecule has 0 saturated heterocycles. The topological polar surface area (TPSA) is 0 Å². The van der Waals surface area contributed by atoms with Gasteiger partial charge >= 0.3 is 17.1 Å². The molecule has 0 aromatic rings. The van der Waals surface area contributed by atoms with Crippen molar-refractivity contribution in [2.45, 2.75) is 12.8 Å². The summed E-state index contributed by atoms with van der Waals surface area (Å²) in [6.45, 7) is 0. The molecule has 0 nitrogen and oxygen atoms in total. The van der Waals surface area contributed by atoms with Gasteiger partial charge in [-0.2, -0.15) is 0 Å². The van der Waals surface area contributed by atoms with Crippen molar-refractivity contribution in [2.75, 3.05) is 0 Å². The zero-order valence-corrected chi connectivity index (χ0v) is 9.65. The van der Waals surface area contributed by atoms with Crippen molar-refractivity contribution in [2.24, 2.45) is 0 Å². The Labute approximate surface area is 105 Å². The Morgan fingerprint density at radius 3 is 1.33 bits per heavy atom. The summed E-state index contributed by atoms with van der Waals surface area (Å²) in [5.41, 5.74) is 0. The average Bonchev–Trinajstić information content (AvgIpc) is 2.86. The van der Waals surface area contributed by atoms with E-state index in [9.17, 15) is 0 Å². The zero-order valence-electron chi connectivity index (χ0n) is 8.54. The van der Waals surface area contributed by atoms with Crippen LogP contribution in [0.3, 0.4) is 0 Å². The Bertz CT molecular complexity index is 154. The fraction of sp³-hybridized carbons (Fsp3) is 0.143. The molecule has 2 fully saturated rings. The van der Waals surface area contributed by atoms with Gasteiger partial charge in [-0.15, -0.1) is 0 Å². The molecule has 0 amide bonds. The van der Waals surface area contributed by atoms with Gasteiger partial charge in [-0.3, -0.25) is 0 Å². The van der Waals surface area contributed by atoms with Crippen molar-refractivity contribution in [3.05, 3.63) is 75.4 Å². The van der Waals surface area contributed by atoms with E-state index in [0.29, 0.717) is 0 Å². The van der Waals surface area contributed by atoms with Crippen LogP contribution < -0.4 is 0 Å². The normalized spacial score (nSPS) is 23.7. The Morgan fingerprint density at radius 1 is 0.667 bits per heavy atom. The molecule has 0 unspecified atom stereocenters. The van der Waals surface area contributed by atoms with E-state index in [1.807, 2.05) is 0 Å². The molecule has 0 aromatic heterocycles. The van der Waals surface area contributed by atoms with Gasteiger partial charge in [0, 0.05) is 0 Å². The molecule has 0 aromatic carbocycles. The minimum atomic E-state index is 0. The summed E-state index contributed by atoms with van der Waals surface area (Å²) in [6.07, 6.45) is 23.5. The molecule has 0 aliphatic heterocycles. The molecule has 0 N–H and O–H groups in total. The van der Waals surface area contributed by atoms with Gasteiger partial charge in [0.15, 0.2) is 0 Å². The Balaban J connectivity index is 0.00000112.